The third kappa shape index (κ3) is 4.47. The summed E-state index contributed by atoms with van der Waals surface area (Å²) in [5.74, 6) is 2.16. The summed E-state index contributed by atoms with van der Waals surface area (Å²) in [4.78, 5) is 8.60. The molecule has 0 amide bonds. The van der Waals surface area contributed by atoms with Gasteiger partial charge in [0.15, 0.2) is 0 Å². The van der Waals surface area contributed by atoms with Crippen LogP contribution in [0.2, 0.25) is 0 Å². The summed E-state index contributed by atoms with van der Waals surface area (Å²) in [5.41, 5.74) is 1.18. The number of nitrogens with zero attached hydrogens (tertiary/aromatic N) is 2. The molecule has 2 rings (SSSR count). The molecular weight excluding hydrogens is 320 g/mol. The highest BCUT2D eigenvalue weighted by Gasteiger charge is 2.01. The third-order valence-electron chi connectivity index (χ3n) is 2.64. The largest absolute Gasteiger partial charge is 0.395 e. The first-order valence-corrected chi connectivity index (χ1v) is 7.15. The number of aliphatic hydroxyl groups is 1. The fourth-order valence-electron chi connectivity index (χ4n) is 1.73. The minimum absolute atomic E-state index is 0.0741. The van der Waals surface area contributed by atoms with Gasteiger partial charge in [-0.25, -0.2) is 9.97 Å². The van der Waals surface area contributed by atoms with Crippen LogP contribution in [0, 0.1) is 6.92 Å². The normalized spacial score (nSPS) is 10.3. The summed E-state index contributed by atoms with van der Waals surface area (Å²) in [5, 5.41) is 15.1. The average molecular weight is 337 g/mol. The second kappa shape index (κ2) is 7.21. The molecule has 5 nitrogen and oxygen atoms in total. The van der Waals surface area contributed by atoms with E-state index >= 15 is 0 Å². The van der Waals surface area contributed by atoms with Crippen molar-refractivity contribution in [3.63, 3.8) is 0 Å². The molecule has 0 fully saturated rings. The van der Waals surface area contributed by atoms with Crippen LogP contribution in [0.15, 0.2) is 34.8 Å². The molecule has 6 heteroatoms. The average Bonchev–Trinajstić information content (AvgIpc) is 2.44. The first kappa shape index (κ1) is 14.7. The monoisotopic (exact) mass is 336 g/mol. The number of hydrogen-bond acceptors (Lipinski definition) is 5. The van der Waals surface area contributed by atoms with Crippen LogP contribution in [0.4, 0.5) is 11.6 Å². The Labute approximate surface area is 126 Å². The number of aromatic nitrogens is 2. The lowest BCUT2D eigenvalue weighted by atomic mass is 10.2. The van der Waals surface area contributed by atoms with E-state index in [0.29, 0.717) is 24.7 Å². The van der Waals surface area contributed by atoms with Gasteiger partial charge in [0.25, 0.3) is 0 Å². The SMILES string of the molecule is Cc1nc(NCCO)cc(NCc2ccc(Br)cc2)n1. The Balaban J connectivity index is 2.01. The zero-order chi connectivity index (χ0) is 14.4. The van der Waals surface area contributed by atoms with Crippen molar-refractivity contribution >= 4 is 27.6 Å². The number of rotatable bonds is 6. The quantitative estimate of drug-likeness (QED) is 0.756. The van der Waals surface area contributed by atoms with Crippen LogP contribution < -0.4 is 10.6 Å². The van der Waals surface area contributed by atoms with Gasteiger partial charge in [-0.15, -0.1) is 0 Å². The van der Waals surface area contributed by atoms with Crippen LogP contribution in [-0.2, 0) is 6.54 Å². The summed E-state index contributed by atoms with van der Waals surface area (Å²) in [6.07, 6.45) is 0. The van der Waals surface area contributed by atoms with E-state index < -0.39 is 0 Å². The van der Waals surface area contributed by atoms with Gasteiger partial charge >= 0.3 is 0 Å². The fourth-order valence-corrected chi connectivity index (χ4v) is 1.99. The molecule has 106 valence electrons. The van der Waals surface area contributed by atoms with Crippen LogP contribution in [0.5, 0.6) is 0 Å². The van der Waals surface area contributed by atoms with Crippen molar-refractivity contribution in [2.45, 2.75) is 13.5 Å². The van der Waals surface area contributed by atoms with Crippen molar-refractivity contribution in [2.24, 2.45) is 0 Å². The molecule has 0 saturated heterocycles. The van der Waals surface area contributed by atoms with E-state index in [1.807, 2.05) is 25.1 Å². The molecule has 0 aliphatic heterocycles. The van der Waals surface area contributed by atoms with E-state index in [0.717, 1.165) is 10.3 Å². The maximum Gasteiger partial charge on any atom is 0.132 e. The van der Waals surface area contributed by atoms with Gasteiger partial charge in [-0.2, -0.15) is 0 Å². The number of benzene rings is 1. The lowest BCUT2D eigenvalue weighted by Crippen LogP contribution is -2.09. The molecule has 3 N–H and O–H groups in total. The van der Waals surface area contributed by atoms with Gasteiger partial charge in [-0.3, -0.25) is 0 Å². The smallest absolute Gasteiger partial charge is 0.132 e. The molecule has 20 heavy (non-hydrogen) atoms. The van der Waals surface area contributed by atoms with Crippen LogP contribution in [-0.4, -0.2) is 28.2 Å². The Kier molecular flexibility index (Phi) is 5.31. The lowest BCUT2D eigenvalue weighted by molar-refractivity contribution is 0.311. The molecule has 0 spiro atoms. The molecule has 0 aliphatic carbocycles. The molecule has 0 radical (unpaired) electrons. The number of aryl methyl sites for hydroxylation is 1. The van der Waals surface area contributed by atoms with Crippen LogP contribution in [0.3, 0.4) is 0 Å². The summed E-state index contributed by atoms with van der Waals surface area (Å²) in [6.45, 7) is 3.09. The van der Waals surface area contributed by atoms with Gasteiger partial charge in [-0.05, 0) is 24.6 Å². The van der Waals surface area contributed by atoms with Crippen molar-refractivity contribution < 1.29 is 5.11 Å². The first-order chi connectivity index (χ1) is 9.67. The summed E-state index contributed by atoms with van der Waals surface area (Å²) in [7, 11) is 0. The van der Waals surface area contributed by atoms with Crippen molar-refractivity contribution in [3.05, 3.63) is 46.2 Å². The zero-order valence-electron chi connectivity index (χ0n) is 11.2. The topological polar surface area (TPSA) is 70.1 Å². The van der Waals surface area contributed by atoms with Gasteiger partial charge in [0, 0.05) is 23.6 Å². The Morgan fingerprint density at radius 3 is 2.40 bits per heavy atom. The van der Waals surface area contributed by atoms with Crippen LogP contribution >= 0.6 is 15.9 Å². The minimum Gasteiger partial charge on any atom is -0.395 e. The van der Waals surface area contributed by atoms with Crippen LogP contribution in [0.25, 0.3) is 0 Å². The van der Waals surface area contributed by atoms with Crippen LogP contribution in [0.1, 0.15) is 11.4 Å². The molecule has 0 saturated carbocycles. The summed E-state index contributed by atoms with van der Waals surface area (Å²) >= 11 is 3.41. The summed E-state index contributed by atoms with van der Waals surface area (Å²) in [6, 6.07) is 9.96. The highest BCUT2D eigenvalue weighted by atomic mass is 79.9. The Hall–Kier alpha value is -1.66. The summed E-state index contributed by atoms with van der Waals surface area (Å²) < 4.78 is 1.06. The standard InChI is InChI=1S/C14H17BrN4O/c1-10-18-13(16-6-7-20)8-14(19-10)17-9-11-2-4-12(15)5-3-11/h2-5,8,20H,6-7,9H2,1H3,(H2,16,17,18,19). The second-order valence-electron chi connectivity index (χ2n) is 4.32. The van der Waals surface area contributed by atoms with Gasteiger partial charge in [0.2, 0.25) is 0 Å². The second-order valence-corrected chi connectivity index (χ2v) is 5.23. The van der Waals surface area contributed by atoms with Crippen molar-refractivity contribution in [1.82, 2.24) is 9.97 Å². The lowest BCUT2D eigenvalue weighted by Gasteiger charge is -2.09. The zero-order valence-corrected chi connectivity index (χ0v) is 12.8. The highest BCUT2D eigenvalue weighted by molar-refractivity contribution is 9.10. The fraction of sp³-hybridized carbons (Fsp3) is 0.286. The predicted molar refractivity (Wildman–Crippen MR) is 83.8 cm³/mol. The van der Waals surface area contributed by atoms with E-state index in [4.69, 9.17) is 5.11 Å². The molecule has 1 aromatic carbocycles. The Bertz CT molecular complexity index is 560. The maximum absolute atomic E-state index is 8.82. The van der Waals surface area contributed by atoms with Gasteiger partial charge in [0.1, 0.15) is 17.5 Å². The predicted octanol–water partition coefficient (Wildman–Crippen LogP) is 2.56. The van der Waals surface area contributed by atoms with E-state index in [1.54, 1.807) is 0 Å². The van der Waals surface area contributed by atoms with E-state index in [2.05, 4.69) is 48.7 Å². The molecular formula is C14H17BrN4O. The molecule has 1 heterocycles. The highest BCUT2D eigenvalue weighted by Crippen LogP contribution is 2.14. The minimum atomic E-state index is 0.0741. The number of halogens is 1. The molecule has 1 aromatic heterocycles. The number of hydrogen-bond donors (Lipinski definition) is 3. The van der Waals surface area contributed by atoms with E-state index in [-0.39, 0.29) is 6.61 Å². The molecule has 0 unspecified atom stereocenters. The Morgan fingerprint density at radius 1 is 1.10 bits per heavy atom. The Morgan fingerprint density at radius 2 is 1.75 bits per heavy atom. The van der Waals surface area contributed by atoms with Gasteiger partial charge in [0.05, 0.1) is 6.61 Å². The molecule has 0 atom stereocenters. The van der Waals surface area contributed by atoms with Gasteiger partial charge in [-0.1, -0.05) is 28.1 Å². The van der Waals surface area contributed by atoms with Gasteiger partial charge < -0.3 is 15.7 Å². The van der Waals surface area contributed by atoms with Crippen molar-refractivity contribution in [3.8, 4) is 0 Å². The van der Waals surface area contributed by atoms with Crippen molar-refractivity contribution in [2.75, 3.05) is 23.8 Å². The van der Waals surface area contributed by atoms with E-state index in [1.165, 1.54) is 5.56 Å². The first-order valence-electron chi connectivity index (χ1n) is 6.36. The number of aliphatic hydroxyl groups excluding tert-OH is 1. The van der Waals surface area contributed by atoms with E-state index in [9.17, 15) is 0 Å². The number of nitrogens with one attached hydrogen (secondary N) is 2. The number of anilines is 2. The van der Waals surface area contributed by atoms with Crippen molar-refractivity contribution in [1.29, 1.82) is 0 Å². The molecule has 2 aromatic rings. The maximum atomic E-state index is 8.82. The molecule has 0 bridgehead atoms. The third-order valence-corrected chi connectivity index (χ3v) is 3.17. The molecule has 0 aliphatic rings.